The van der Waals surface area contributed by atoms with Crippen molar-refractivity contribution in [3.8, 4) is 0 Å². The van der Waals surface area contributed by atoms with Gasteiger partial charge in [0.15, 0.2) is 0 Å². The van der Waals surface area contributed by atoms with Crippen molar-refractivity contribution in [2.75, 3.05) is 0 Å². The van der Waals surface area contributed by atoms with E-state index in [1.165, 1.54) is 12.1 Å². The Kier molecular flexibility index (Phi) is 4.98. The van der Waals surface area contributed by atoms with Gasteiger partial charge in [0, 0.05) is 18.2 Å². The van der Waals surface area contributed by atoms with Crippen molar-refractivity contribution in [2.45, 2.75) is 6.61 Å². The molecular weight excluding hydrogens is 338 g/mol. The summed E-state index contributed by atoms with van der Waals surface area (Å²) in [5.74, 6) is -0.845. The van der Waals surface area contributed by atoms with Crippen LogP contribution in [-0.4, -0.2) is 20.7 Å². The van der Waals surface area contributed by atoms with Crippen LogP contribution in [0.3, 0.4) is 0 Å². The van der Waals surface area contributed by atoms with E-state index < -0.39 is 38.7 Å². The maximum Gasteiger partial charge on any atom is 0.338 e. The number of nitro groups is 3. The molecule has 0 N–H and O–H groups in total. The first kappa shape index (κ1) is 17.5. The fourth-order valence-electron chi connectivity index (χ4n) is 1.90. The summed E-state index contributed by atoms with van der Waals surface area (Å²) in [6.45, 7) is -0.482. The lowest BCUT2D eigenvalue weighted by molar-refractivity contribution is -0.394. The number of hydrogen-bond acceptors (Lipinski definition) is 8. The summed E-state index contributed by atoms with van der Waals surface area (Å²) in [6, 6.07) is 7.56. The molecule has 0 aromatic heterocycles. The van der Waals surface area contributed by atoms with Crippen LogP contribution < -0.4 is 0 Å². The van der Waals surface area contributed by atoms with E-state index in [1.54, 1.807) is 0 Å². The maximum absolute atomic E-state index is 11.9. The van der Waals surface area contributed by atoms with Gasteiger partial charge in [0.2, 0.25) is 0 Å². The number of esters is 1. The average Bonchev–Trinajstić information content (AvgIpc) is 2.59. The van der Waals surface area contributed by atoms with E-state index >= 15 is 0 Å². The molecule has 0 atom stereocenters. The van der Waals surface area contributed by atoms with Gasteiger partial charge in [-0.15, -0.1) is 0 Å². The molecule has 0 bridgehead atoms. The largest absolute Gasteiger partial charge is 0.457 e. The molecule has 2 aromatic rings. The summed E-state index contributed by atoms with van der Waals surface area (Å²) in [6.07, 6.45) is 0. The number of rotatable bonds is 6. The van der Waals surface area contributed by atoms with Gasteiger partial charge in [0.05, 0.1) is 32.0 Å². The van der Waals surface area contributed by atoms with Gasteiger partial charge in [-0.3, -0.25) is 30.3 Å². The molecule has 11 heteroatoms. The second-order valence-electron chi connectivity index (χ2n) is 4.71. The standard InChI is InChI=1S/C14H9N3O8/c18-14(9-1-4-11(5-2-9)15(19)20)25-8-10-3-6-12(16(21)22)7-13(10)17(23)24/h1-7H,8H2. The van der Waals surface area contributed by atoms with E-state index in [-0.39, 0.29) is 16.8 Å². The van der Waals surface area contributed by atoms with E-state index in [1.807, 2.05) is 0 Å². The highest BCUT2D eigenvalue weighted by atomic mass is 16.6. The Morgan fingerprint density at radius 2 is 1.40 bits per heavy atom. The lowest BCUT2D eigenvalue weighted by Crippen LogP contribution is -2.07. The molecule has 0 fully saturated rings. The van der Waals surface area contributed by atoms with Crippen molar-refractivity contribution in [1.29, 1.82) is 0 Å². The predicted octanol–water partition coefficient (Wildman–Crippen LogP) is 2.77. The van der Waals surface area contributed by atoms with Crippen LogP contribution in [0.4, 0.5) is 17.1 Å². The van der Waals surface area contributed by atoms with Crippen LogP contribution >= 0.6 is 0 Å². The average molecular weight is 347 g/mol. The number of nitrogens with zero attached hydrogens (tertiary/aromatic N) is 3. The molecule has 0 aliphatic rings. The monoisotopic (exact) mass is 347 g/mol. The van der Waals surface area contributed by atoms with Crippen LogP contribution in [0.2, 0.25) is 0 Å². The molecule has 2 rings (SSSR count). The van der Waals surface area contributed by atoms with Gasteiger partial charge in [-0.25, -0.2) is 4.79 Å². The Bertz CT molecular complexity index is 863. The lowest BCUT2D eigenvalue weighted by Gasteiger charge is -2.06. The van der Waals surface area contributed by atoms with Crippen molar-refractivity contribution in [3.63, 3.8) is 0 Å². The van der Waals surface area contributed by atoms with E-state index in [4.69, 9.17) is 4.74 Å². The fraction of sp³-hybridized carbons (Fsp3) is 0.0714. The quantitative estimate of drug-likeness (QED) is 0.438. The van der Waals surface area contributed by atoms with Crippen molar-refractivity contribution in [3.05, 3.63) is 83.9 Å². The number of benzene rings is 2. The summed E-state index contributed by atoms with van der Waals surface area (Å²) < 4.78 is 4.92. The first-order valence-corrected chi connectivity index (χ1v) is 6.63. The number of non-ortho nitro benzene ring substituents is 2. The maximum atomic E-state index is 11.9. The molecule has 0 saturated heterocycles. The Hall–Kier alpha value is -3.89. The zero-order chi connectivity index (χ0) is 18.6. The van der Waals surface area contributed by atoms with Crippen LogP contribution in [-0.2, 0) is 11.3 Å². The fourth-order valence-corrected chi connectivity index (χ4v) is 1.90. The van der Waals surface area contributed by atoms with Crippen LogP contribution in [0.15, 0.2) is 42.5 Å². The molecule has 11 nitrogen and oxygen atoms in total. The second-order valence-corrected chi connectivity index (χ2v) is 4.71. The third-order valence-electron chi connectivity index (χ3n) is 3.15. The topological polar surface area (TPSA) is 156 Å². The highest BCUT2D eigenvalue weighted by Gasteiger charge is 2.20. The van der Waals surface area contributed by atoms with Gasteiger partial charge in [0.1, 0.15) is 6.61 Å². The molecule has 0 radical (unpaired) electrons. The zero-order valence-corrected chi connectivity index (χ0v) is 12.4. The normalized spacial score (nSPS) is 10.1. The summed E-state index contributed by atoms with van der Waals surface area (Å²) in [4.78, 5) is 41.9. The molecule has 0 heterocycles. The van der Waals surface area contributed by atoms with E-state index in [0.717, 1.165) is 30.3 Å². The second kappa shape index (κ2) is 7.12. The number of hydrogen-bond donors (Lipinski definition) is 0. The number of carbonyl (C=O) groups excluding carboxylic acids is 1. The van der Waals surface area contributed by atoms with Gasteiger partial charge < -0.3 is 4.74 Å². The van der Waals surface area contributed by atoms with E-state index in [0.29, 0.717) is 0 Å². The van der Waals surface area contributed by atoms with Crippen molar-refractivity contribution in [2.24, 2.45) is 0 Å². The van der Waals surface area contributed by atoms with Gasteiger partial charge >= 0.3 is 5.97 Å². The van der Waals surface area contributed by atoms with Gasteiger partial charge in [0.25, 0.3) is 17.1 Å². The van der Waals surface area contributed by atoms with Gasteiger partial charge in [-0.05, 0) is 18.2 Å². The molecule has 128 valence electrons. The van der Waals surface area contributed by atoms with Crippen LogP contribution in [0.5, 0.6) is 0 Å². The smallest absolute Gasteiger partial charge is 0.338 e. The molecule has 25 heavy (non-hydrogen) atoms. The Labute approximate surface area is 138 Å². The molecule has 0 unspecified atom stereocenters. The summed E-state index contributed by atoms with van der Waals surface area (Å²) in [7, 11) is 0. The minimum Gasteiger partial charge on any atom is -0.457 e. The summed E-state index contributed by atoms with van der Waals surface area (Å²) in [5.41, 5.74) is -1.22. The molecule has 0 amide bonds. The first-order valence-electron chi connectivity index (χ1n) is 6.63. The van der Waals surface area contributed by atoms with Crippen LogP contribution in [0.25, 0.3) is 0 Å². The molecule has 2 aromatic carbocycles. The minimum atomic E-state index is -0.845. The molecule has 0 aliphatic carbocycles. The van der Waals surface area contributed by atoms with Crippen LogP contribution in [0.1, 0.15) is 15.9 Å². The highest BCUT2D eigenvalue weighted by molar-refractivity contribution is 5.89. The van der Waals surface area contributed by atoms with E-state index in [9.17, 15) is 35.1 Å². The Balaban J connectivity index is 2.14. The van der Waals surface area contributed by atoms with Crippen LogP contribution in [0, 0.1) is 30.3 Å². The van der Waals surface area contributed by atoms with Crippen molar-refractivity contribution < 1.29 is 24.3 Å². The highest BCUT2D eigenvalue weighted by Crippen LogP contribution is 2.25. The van der Waals surface area contributed by atoms with Gasteiger partial charge in [-0.2, -0.15) is 0 Å². The Morgan fingerprint density at radius 3 is 1.92 bits per heavy atom. The predicted molar refractivity (Wildman–Crippen MR) is 82.0 cm³/mol. The minimum absolute atomic E-state index is 0.0224. The number of ether oxygens (including phenoxy) is 1. The number of carbonyl (C=O) groups is 1. The SMILES string of the molecule is O=C(OCc1ccc([N+](=O)[O-])cc1[N+](=O)[O-])c1ccc([N+](=O)[O-])cc1. The summed E-state index contributed by atoms with van der Waals surface area (Å²) >= 11 is 0. The lowest BCUT2D eigenvalue weighted by atomic mass is 10.1. The molecular formula is C14H9N3O8. The summed E-state index contributed by atoms with van der Waals surface area (Å²) in [5, 5.41) is 32.2. The van der Waals surface area contributed by atoms with E-state index in [2.05, 4.69) is 0 Å². The molecule has 0 saturated carbocycles. The third-order valence-corrected chi connectivity index (χ3v) is 3.15. The molecule has 0 spiro atoms. The Morgan fingerprint density at radius 1 is 0.840 bits per heavy atom. The third kappa shape index (κ3) is 4.10. The number of nitro benzene ring substituents is 3. The van der Waals surface area contributed by atoms with Gasteiger partial charge in [-0.1, -0.05) is 0 Å². The molecule has 0 aliphatic heterocycles. The van der Waals surface area contributed by atoms with Crippen molar-refractivity contribution >= 4 is 23.0 Å². The van der Waals surface area contributed by atoms with Crippen molar-refractivity contribution in [1.82, 2.24) is 0 Å². The zero-order valence-electron chi connectivity index (χ0n) is 12.4. The first-order chi connectivity index (χ1) is 11.8.